The molecule has 2 fully saturated rings. The van der Waals surface area contributed by atoms with Crippen LogP contribution in [0.3, 0.4) is 0 Å². The smallest absolute Gasteiger partial charge is 0.345 e. The third-order valence-electron chi connectivity index (χ3n) is 9.06. The number of aliphatic hydroxyl groups is 2. The van der Waals surface area contributed by atoms with E-state index in [2.05, 4.69) is 28.1 Å². The Morgan fingerprint density at radius 2 is 1.84 bits per heavy atom. The van der Waals surface area contributed by atoms with Gasteiger partial charge in [-0.3, -0.25) is 9.88 Å². The van der Waals surface area contributed by atoms with Crippen molar-refractivity contribution in [2.24, 2.45) is 5.92 Å². The Balaban J connectivity index is 0.000000319. The lowest BCUT2D eigenvalue weighted by atomic mass is 9.52. The number of carboxylic acids is 2. The lowest BCUT2D eigenvalue weighted by Gasteiger charge is -2.59. The number of likely N-dealkylation sites (tertiary alicyclic amines) is 1. The predicted octanol–water partition coefficient (Wildman–Crippen LogP) is 3.07. The lowest BCUT2D eigenvalue weighted by molar-refractivity contribution is -0.165. The fourth-order valence-corrected chi connectivity index (χ4v) is 7.03. The molecule has 5 atom stereocenters. The van der Waals surface area contributed by atoms with Crippen molar-refractivity contribution in [2.75, 3.05) is 13.1 Å². The largest absolute Gasteiger partial charge is 0.479 e. The average Bonchev–Trinajstić information content (AvgIpc) is 3.54. The topological polar surface area (TPSA) is 171 Å². The van der Waals surface area contributed by atoms with Gasteiger partial charge in [0, 0.05) is 36.8 Å². The molecule has 1 aliphatic heterocycles. The number of rotatable bonds is 8. The molecule has 1 aromatic carbocycles. The van der Waals surface area contributed by atoms with Gasteiger partial charge in [-0.05, 0) is 85.7 Å². The van der Waals surface area contributed by atoms with E-state index in [1.54, 1.807) is 30.8 Å². The summed E-state index contributed by atoms with van der Waals surface area (Å²) in [6, 6.07) is 14.5. The van der Waals surface area contributed by atoms with E-state index < -0.39 is 24.1 Å². The van der Waals surface area contributed by atoms with Crippen LogP contribution < -0.4 is 4.74 Å². The van der Waals surface area contributed by atoms with Gasteiger partial charge in [0.25, 0.3) is 0 Å². The van der Waals surface area contributed by atoms with Gasteiger partial charge >= 0.3 is 17.9 Å². The number of carbonyl (C=O) groups is 3. The second-order valence-electron chi connectivity index (χ2n) is 11.4. The number of aromatic nitrogens is 1. The highest BCUT2D eigenvalue weighted by Gasteiger charge is 2.53. The van der Waals surface area contributed by atoms with Crippen molar-refractivity contribution in [1.29, 1.82) is 0 Å². The summed E-state index contributed by atoms with van der Waals surface area (Å²) in [7, 11) is 0. The zero-order chi connectivity index (χ0) is 30.6. The predicted molar refractivity (Wildman–Crippen MR) is 153 cm³/mol. The molecule has 2 unspecified atom stereocenters. The number of hydrogen-bond donors (Lipinski definition) is 4. The lowest BCUT2D eigenvalue weighted by Crippen LogP contribution is -2.61. The van der Waals surface area contributed by atoms with Crippen LogP contribution in [0.25, 0.3) is 0 Å². The second kappa shape index (κ2) is 13.1. The molecule has 11 nitrogen and oxygen atoms in total. The number of nitrogens with zero attached hydrogens (tertiary/aromatic N) is 2. The summed E-state index contributed by atoms with van der Waals surface area (Å²) >= 11 is 0. The van der Waals surface area contributed by atoms with Crippen LogP contribution in [-0.2, 0) is 27.8 Å². The van der Waals surface area contributed by atoms with E-state index in [4.69, 9.17) is 29.6 Å². The summed E-state index contributed by atoms with van der Waals surface area (Å²) < 4.78 is 11.4. The number of furan rings is 1. The van der Waals surface area contributed by atoms with Crippen molar-refractivity contribution in [3.8, 4) is 5.75 Å². The Hall–Kier alpha value is -4.06. The van der Waals surface area contributed by atoms with Gasteiger partial charge in [0.2, 0.25) is 0 Å². The van der Waals surface area contributed by atoms with Crippen LogP contribution in [-0.4, -0.2) is 79.6 Å². The zero-order valence-corrected chi connectivity index (χ0v) is 23.7. The van der Waals surface area contributed by atoms with Crippen LogP contribution in [0.5, 0.6) is 5.75 Å². The summed E-state index contributed by atoms with van der Waals surface area (Å²) in [6.07, 6.45) is 8.83. The van der Waals surface area contributed by atoms with Gasteiger partial charge in [-0.1, -0.05) is 18.9 Å². The molecule has 3 heterocycles. The molecule has 2 aromatic heterocycles. The summed E-state index contributed by atoms with van der Waals surface area (Å²) in [5.74, 6) is -1.48. The minimum absolute atomic E-state index is 0.217. The molecule has 4 N–H and O–H groups in total. The Kier molecular flexibility index (Phi) is 9.24. The normalized spacial score (nSPS) is 23.9. The number of carboxylic acid groups (broad SMARTS) is 2. The first-order valence-corrected chi connectivity index (χ1v) is 14.5. The number of aliphatic carboxylic acids is 2. The fourth-order valence-electron chi connectivity index (χ4n) is 7.03. The van der Waals surface area contributed by atoms with Gasteiger partial charge in [0.05, 0.1) is 11.8 Å². The number of benzene rings is 1. The van der Waals surface area contributed by atoms with E-state index in [0.717, 1.165) is 31.7 Å². The third kappa shape index (κ3) is 6.48. The number of fused-ring (bicyclic) bond motifs is 1. The molecule has 3 aliphatic rings. The number of pyridine rings is 1. The van der Waals surface area contributed by atoms with Crippen LogP contribution in [0.4, 0.5) is 0 Å². The molecule has 3 aromatic rings. The van der Waals surface area contributed by atoms with Crippen molar-refractivity contribution in [3.05, 3.63) is 83.6 Å². The summed E-state index contributed by atoms with van der Waals surface area (Å²) in [4.78, 5) is 38.9. The Labute approximate surface area is 248 Å². The minimum atomic E-state index is -2.27. The highest BCUT2D eigenvalue weighted by molar-refractivity contribution is 5.90. The number of piperidine rings is 1. The number of carbonyl (C=O) groups excluding carboxylic acids is 1. The molecule has 0 spiro atoms. The van der Waals surface area contributed by atoms with Crippen LogP contribution >= 0.6 is 0 Å². The van der Waals surface area contributed by atoms with Crippen LogP contribution in [0.15, 0.2) is 65.5 Å². The number of esters is 1. The zero-order valence-electron chi connectivity index (χ0n) is 23.7. The van der Waals surface area contributed by atoms with Gasteiger partial charge < -0.3 is 29.6 Å². The van der Waals surface area contributed by atoms with Gasteiger partial charge in [-0.15, -0.1) is 0 Å². The molecule has 6 rings (SSSR count). The molecule has 228 valence electrons. The van der Waals surface area contributed by atoms with Crippen molar-refractivity contribution < 1.29 is 44.0 Å². The van der Waals surface area contributed by atoms with E-state index in [0.29, 0.717) is 23.3 Å². The summed E-state index contributed by atoms with van der Waals surface area (Å²) in [6.45, 7) is 2.18. The van der Waals surface area contributed by atoms with E-state index in [1.807, 2.05) is 12.1 Å². The molecule has 1 saturated heterocycles. The van der Waals surface area contributed by atoms with Crippen LogP contribution in [0, 0.1) is 5.92 Å². The first-order chi connectivity index (χ1) is 20.7. The summed E-state index contributed by atoms with van der Waals surface area (Å²) in [5, 5.41) is 32.5. The molecule has 43 heavy (non-hydrogen) atoms. The van der Waals surface area contributed by atoms with Crippen molar-refractivity contribution in [3.63, 3.8) is 0 Å². The number of aliphatic hydroxyl groups excluding tert-OH is 2. The van der Waals surface area contributed by atoms with E-state index >= 15 is 0 Å². The number of ether oxygens (including phenoxy) is 1. The van der Waals surface area contributed by atoms with Crippen LogP contribution in [0.2, 0.25) is 0 Å². The monoisotopic (exact) mass is 592 g/mol. The van der Waals surface area contributed by atoms with Crippen molar-refractivity contribution >= 4 is 17.9 Å². The fraction of sp³-hybridized carbons (Fsp3) is 0.438. The van der Waals surface area contributed by atoms with Gasteiger partial charge in [-0.2, -0.15) is 0 Å². The summed E-state index contributed by atoms with van der Waals surface area (Å²) in [5.41, 5.74) is 3.57. The molecule has 0 radical (unpaired) electrons. The molecular formula is C32H36N2O9. The van der Waals surface area contributed by atoms with Crippen LogP contribution in [0.1, 0.15) is 59.3 Å². The Bertz CT molecular complexity index is 1410. The van der Waals surface area contributed by atoms with E-state index in [1.165, 1.54) is 43.2 Å². The molecule has 2 aliphatic carbocycles. The molecule has 1 saturated carbocycles. The van der Waals surface area contributed by atoms with Crippen molar-refractivity contribution in [1.82, 2.24) is 9.88 Å². The van der Waals surface area contributed by atoms with E-state index in [-0.39, 0.29) is 11.4 Å². The Morgan fingerprint density at radius 1 is 1.05 bits per heavy atom. The van der Waals surface area contributed by atoms with Gasteiger partial charge in [0.15, 0.2) is 12.2 Å². The molecule has 11 heteroatoms. The maximum Gasteiger partial charge on any atom is 0.345 e. The number of hydrogen-bond acceptors (Lipinski definition) is 9. The quantitative estimate of drug-likeness (QED) is 0.224. The maximum atomic E-state index is 12.6. The third-order valence-corrected chi connectivity index (χ3v) is 9.06. The molecule has 2 bridgehead atoms. The SMILES string of the molecule is O=C(O)C(O)C(O)C(=O)O.O=C(Oc1ccc2c(c1)[C@@]13CCCC[C@H]1[C@@H](C2)N(CCc1ccco1)CC3)c1cccnc1. The first kappa shape index (κ1) is 30.4. The van der Waals surface area contributed by atoms with Gasteiger partial charge in [0.1, 0.15) is 11.5 Å². The highest BCUT2D eigenvalue weighted by atomic mass is 16.5. The minimum Gasteiger partial charge on any atom is -0.479 e. The average molecular weight is 593 g/mol. The van der Waals surface area contributed by atoms with Gasteiger partial charge in [-0.25, -0.2) is 14.4 Å². The standard InChI is InChI=1S/C28H30N2O3.C4H6O6/c31-27(21-5-3-13-29-19-21)33-23-9-8-20-17-26-24-7-1-2-11-28(24,25(20)18-23)12-15-30(26)14-10-22-6-4-16-32-22;5-1(3(7)8)2(6)4(9)10/h3-6,8-9,13,16,18-19,24,26H,1-2,7,10-12,14-15,17H2;1-2,5-6H,(H,7,8)(H,9,10)/t24-,26+,28+;/m0./s1. The molecular weight excluding hydrogens is 556 g/mol. The van der Waals surface area contributed by atoms with E-state index in [9.17, 15) is 14.4 Å². The second-order valence-corrected chi connectivity index (χ2v) is 11.4. The Morgan fingerprint density at radius 3 is 2.51 bits per heavy atom. The van der Waals surface area contributed by atoms with Crippen molar-refractivity contribution in [2.45, 2.75) is 68.6 Å². The molecule has 0 amide bonds. The highest BCUT2D eigenvalue weighted by Crippen LogP contribution is 2.56. The first-order valence-electron chi connectivity index (χ1n) is 14.5. The maximum absolute atomic E-state index is 12.6.